The highest BCUT2D eigenvalue weighted by Crippen LogP contribution is 2.25. The quantitative estimate of drug-likeness (QED) is 0.733. The van der Waals surface area contributed by atoms with Crippen LogP contribution in [0.3, 0.4) is 0 Å². The molecule has 0 spiro atoms. The summed E-state index contributed by atoms with van der Waals surface area (Å²) in [6.07, 6.45) is 3.95. The number of rotatable bonds is 3. The molecule has 3 rings (SSSR count). The van der Waals surface area contributed by atoms with E-state index < -0.39 is 0 Å². The molecular formula is C13H20N6O2. The zero-order valence-corrected chi connectivity index (χ0v) is 11.9. The molecule has 2 saturated heterocycles. The minimum atomic E-state index is 0.0406. The van der Waals surface area contributed by atoms with Gasteiger partial charge in [-0.3, -0.25) is 9.59 Å². The number of hydrogen-bond donors (Lipinski definition) is 2. The molecule has 8 nitrogen and oxygen atoms in total. The molecule has 2 aliphatic rings. The SMILES string of the molecule is NCc1cn(CC(=O)N2CCC3NC(=O)CCC3C2)nn1. The van der Waals surface area contributed by atoms with Crippen molar-refractivity contribution in [1.82, 2.24) is 25.2 Å². The maximum absolute atomic E-state index is 12.3. The summed E-state index contributed by atoms with van der Waals surface area (Å²) in [5.41, 5.74) is 6.15. The number of piperidine rings is 2. The molecular weight excluding hydrogens is 272 g/mol. The highest BCUT2D eigenvalue weighted by molar-refractivity contribution is 5.78. The summed E-state index contributed by atoms with van der Waals surface area (Å²) in [6, 6.07) is 0.227. The van der Waals surface area contributed by atoms with Crippen LogP contribution in [0.15, 0.2) is 6.20 Å². The Balaban J connectivity index is 1.57. The van der Waals surface area contributed by atoms with E-state index in [1.54, 1.807) is 6.20 Å². The average molecular weight is 292 g/mol. The van der Waals surface area contributed by atoms with Gasteiger partial charge in [0.05, 0.1) is 11.9 Å². The van der Waals surface area contributed by atoms with E-state index in [0.29, 0.717) is 37.7 Å². The first-order valence-electron chi connectivity index (χ1n) is 7.32. The van der Waals surface area contributed by atoms with Crippen molar-refractivity contribution >= 4 is 11.8 Å². The van der Waals surface area contributed by atoms with Gasteiger partial charge in [0.1, 0.15) is 6.54 Å². The van der Waals surface area contributed by atoms with Gasteiger partial charge in [-0.15, -0.1) is 5.10 Å². The Bertz CT molecular complexity index is 543. The third-order valence-electron chi connectivity index (χ3n) is 4.27. The summed E-state index contributed by atoms with van der Waals surface area (Å²) in [7, 11) is 0. The largest absolute Gasteiger partial charge is 0.353 e. The van der Waals surface area contributed by atoms with E-state index in [9.17, 15) is 9.59 Å². The zero-order valence-electron chi connectivity index (χ0n) is 11.9. The lowest BCUT2D eigenvalue weighted by molar-refractivity contribution is -0.135. The van der Waals surface area contributed by atoms with E-state index in [-0.39, 0.29) is 24.4 Å². The minimum Gasteiger partial charge on any atom is -0.353 e. The number of hydrogen-bond acceptors (Lipinski definition) is 5. The van der Waals surface area contributed by atoms with Crippen molar-refractivity contribution in [2.75, 3.05) is 13.1 Å². The predicted octanol–water partition coefficient (Wildman–Crippen LogP) is -1.14. The lowest BCUT2D eigenvalue weighted by atomic mass is 9.85. The van der Waals surface area contributed by atoms with Crippen LogP contribution in [-0.4, -0.2) is 50.8 Å². The number of fused-ring (bicyclic) bond motifs is 1. The van der Waals surface area contributed by atoms with E-state index in [2.05, 4.69) is 15.6 Å². The predicted molar refractivity (Wildman–Crippen MR) is 73.8 cm³/mol. The van der Waals surface area contributed by atoms with Gasteiger partial charge in [0.25, 0.3) is 0 Å². The molecule has 0 radical (unpaired) electrons. The molecule has 2 atom stereocenters. The smallest absolute Gasteiger partial charge is 0.244 e. The van der Waals surface area contributed by atoms with Gasteiger partial charge in [0.2, 0.25) is 11.8 Å². The number of nitrogens with one attached hydrogen (secondary N) is 1. The van der Waals surface area contributed by atoms with E-state index in [4.69, 9.17) is 5.73 Å². The summed E-state index contributed by atoms with van der Waals surface area (Å²) in [4.78, 5) is 25.6. The first kappa shape index (κ1) is 14.0. The molecule has 0 aliphatic carbocycles. The molecule has 2 fully saturated rings. The van der Waals surface area contributed by atoms with E-state index in [0.717, 1.165) is 12.8 Å². The van der Waals surface area contributed by atoms with Gasteiger partial charge in [-0.1, -0.05) is 5.21 Å². The van der Waals surface area contributed by atoms with Gasteiger partial charge in [0.15, 0.2) is 0 Å². The van der Waals surface area contributed by atoms with Crippen molar-refractivity contribution in [3.63, 3.8) is 0 Å². The van der Waals surface area contributed by atoms with E-state index in [1.165, 1.54) is 4.68 Å². The lowest BCUT2D eigenvalue weighted by Crippen LogP contribution is -2.55. The number of amides is 2. The molecule has 21 heavy (non-hydrogen) atoms. The summed E-state index contributed by atoms with van der Waals surface area (Å²) >= 11 is 0. The molecule has 0 aromatic carbocycles. The number of nitrogens with two attached hydrogens (primary N) is 1. The Morgan fingerprint density at radius 3 is 3.10 bits per heavy atom. The van der Waals surface area contributed by atoms with Crippen LogP contribution in [0, 0.1) is 5.92 Å². The Hall–Kier alpha value is -1.96. The number of aromatic nitrogens is 3. The monoisotopic (exact) mass is 292 g/mol. The second-order valence-electron chi connectivity index (χ2n) is 5.71. The zero-order chi connectivity index (χ0) is 14.8. The van der Waals surface area contributed by atoms with Crippen molar-refractivity contribution in [2.24, 2.45) is 11.7 Å². The highest BCUT2D eigenvalue weighted by atomic mass is 16.2. The fourth-order valence-corrected chi connectivity index (χ4v) is 3.08. The van der Waals surface area contributed by atoms with E-state index >= 15 is 0 Å². The number of carbonyl (C=O) groups is 2. The Labute approximate surface area is 122 Å². The van der Waals surface area contributed by atoms with Crippen LogP contribution < -0.4 is 11.1 Å². The first-order valence-corrected chi connectivity index (χ1v) is 7.32. The van der Waals surface area contributed by atoms with Crippen molar-refractivity contribution in [2.45, 2.75) is 38.4 Å². The number of carbonyl (C=O) groups excluding carboxylic acids is 2. The van der Waals surface area contributed by atoms with Crippen LogP contribution in [0.5, 0.6) is 0 Å². The van der Waals surface area contributed by atoms with Gasteiger partial charge >= 0.3 is 0 Å². The third-order valence-corrected chi connectivity index (χ3v) is 4.27. The Morgan fingerprint density at radius 2 is 2.33 bits per heavy atom. The molecule has 114 valence electrons. The maximum Gasteiger partial charge on any atom is 0.244 e. The molecule has 1 aromatic heterocycles. The van der Waals surface area contributed by atoms with Crippen LogP contribution in [0.25, 0.3) is 0 Å². The number of likely N-dealkylation sites (tertiary alicyclic amines) is 1. The standard InChI is InChI=1S/C13H20N6O2/c14-5-10-7-19(17-16-10)8-13(21)18-4-3-11-9(6-18)1-2-12(20)15-11/h7,9,11H,1-6,8,14H2,(H,15,20). The molecule has 2 unspecified atom stereocenters. The lowest BCUT2D eigenvalue weighted by Gasteiger charge is -2.41. The molecule has 8 heteroatoms. The number of nitrogens with zero attached hydrogens (tertiary/aromatic N) is 4. The van der Waals surface area contributed by atoms with Crippen molar-refractivity contribution in [3.05, 3.63) is 11.9 Å². The molecule has 3 heterocycles. The van der Waals surface area contributed by atoms with Gasteiger partial charge in [-0.25, -0.2) is 4.68 Å². The van der Waals surface area contributed by atoms with Gasteiger partial charge in [0, 0.05) is 32.1 Å². The molecule has 3 N–H and O–H groups in total. The fourth-order valence-electron chi connectivity index (χ4n) is 3.08. The molecule has 2 aliphatic heterocycles. The van der Waals surface area contributed by atoms with Crippen molar-refractivity contribution in [3.8, 4) is 0 Å². The summed E-state index contributed by atoms with van der Waals surface area (Å²) in [5.74, 6) is 0.544. The van der Waals surface area contributed by atoms with Gasteiger partial charge in [-0.2, -0.15) is 0 Å². The highest BCUT2D eigenvalue weighted by Gasteiger charge is 2.35. The van der Waals surface area contributed by atoms with Crippen LogP contribution in [0.2, 0.25) is 0 Å². The summed E-state index contributed by atoms with van der Waals surface area (Å²) in [6.45, 7) is 1.90. The average Bonchev–Trinajstić information content (AvgIpc) is 2.94. The molecule has 1 aromatic rings. The molecule has 0 bridgehead atoms. The van der Waals surface area contributed by atoms with Gasteiger partial charge in [-0.05, 0) is 18.8 Å². The van der Waals surface area contributed by atoms with Crippen molar-refractivity contribution in [1.29, 1.82) is 0 Å². The van der Waals surface area contributed by atoms with Crippen molar-refractivity contribution < 1.29 is 9.59 Å². The Morgan fingerprint density at radius 1 is 1.48 bits per heavy atom. The summed E-state index contributed by atoms with van der Waals surface area (Å²) in [5, 5.41) is 10.8. The maximum atomic E-state index is 12.3. The Kier molecular flexibility index (Phi) is 3.87. The molecule has 0 saturated carbocycles. The molecule has 2 amide bonds. The van der Waals surface area contributed by atoms with Crippen LogP contribution >= 0.6 is 0 Å². The topological polar surface area (TPSA) is 106 Å². The second-order valence-corrected chi connectivity index (χ2v) is 5.71. The van der Waals surface area contributed by atoms with Crippen LogP contribution in [-0.2, 0) is 22.7 Å². The summed E-state index contributed by atoms with van der Waals surface area (Å²) < 4.78 is 1.53. The fraction of sp³-hybridized carbons (Fsp3) is 0.692. The van der Waals surface area contributed by atoms with Gasteiger partial charge < -0.3 is 16.0 Å². The second kappa shape index (κ2) is 5.80. The van der Waals surface area contributed by atoms with Crippen LogP contribution in [0.4, 0.5) is 0 Å². The van der Waals surface area contributed by atoms with Crippen LogP contribution in [0.1, 0.15) is 25.0 Å². The minimum absolute atomic E-state index is 0.0406. The van der Waals surface area contributed by atoms with E-state index in [1.807, 2.05) is 4.90 Å². The third kappa shape index (κ3) is 3.05. The first-order chi connectivity index (χ1) is 10.2. The normalized spacial score (nSPS) is 25.4.